The van der Waals surface area contributed by atoms with Crippen molar-refractivity contribution in [1.29, 1.82) is 0 Å². The van der Waals surface area contributed by atoms with Gasteiger partial charge in [0.15, 0.2) is 0 Å². The van der Waals surface area contributed by atoms with Crippen molar-refractivity contribution in [2.45, 2.75) is 44.9 Å². The molecule has 4 rings (SSSR count). The molecule has 3 aromatic rings. The number of aromatic amines is 1. The highest BCUT2D eigenvalue weighted by atomic mass is 16.2. The summed E-state index contributed by atoms with van der Waals surface area (Å²) in [6.45, 7) is 8.09. The zero-order valence-electron chi connectivity index (χ0n) is 16.5. The van der Waals surface area contributed by atoms with E-state index < -0.39 is 0 Å². The standard InChI is InChI=1S/C21H27N5O/c1-21(2,3)16-6-5-15-11-18(23-17(15)12-16)20(27)26-9-7-14(8-10-26)19-24-22-13-25(19)4/h5-6,11-14,23H,7-10H2,1-4H3. The number of piperidine rings is 1. The molecule has 0 atom stereocenters. The van der Waals surface area contributed by atoms with E-state index in [0.717, 1.165) is 42.7 Å². The summed E-state index contributed by atoms with van der Waals surface area (Å²) in [4.78, 5) is 18.3. The average molecular weight is 365 g/mol. The van der Waals surface area contributed by atoms with Gasteiger partial charge < -0.3 is 14.5 Å². The van der Waals surface area contributed by atoms with E-state index >= 15 is 0 Å². The Morgan fingerprint density at radius 3 is 2.56 bits per heavy atom. The molecule has 6 heteroatoms. The Kier molecular flexibility index (Phi) is 4.29. The lowest BCUT2D eigenvalue weighted by Gasteiger charge is -2.31. The minimum absolute atomic E-state index is 0.0833. The highest BCUT2D eigenvalue weighted by Gasteiger charge is 2.27. The van der Waals surface area contributed by atoms with Gasteiger partial charge in [0.05, 0.1) is 0 Å². The van der Waals surface area contributed by atoms with Crippen molar-refractivity contribution in [3.05, 3.63) is 47.7 Å². The maximum absolute atomic E-state index is 13.0. The second kappa shape index (κ2) is 6.51. The van der Waals surface area contributed by atoms with Gasteiger partial charge in [0, 0.05) is 37.0 Å². The van der Waals surface area contributed by atoms with Gasteiger partial charge >= 0.3 is 0 Å². The lowest BCUT2D eigenvalue weighted by Crippen LogP contribution is -2.38. The summed E-state index contributed by atoms with van der Waals surface area (Å²) in [7, 11) is 1.98. The van der Waals surface area contributed by atoms with Crippen LogP contribution in [0.15, 0.2) is 30.6 Å². The maximum atomic E-state index is 13.0. The zero-order valence-corrected chi connectivity index (χ0v) is 16.5. The number of hydrogen-bond acceptors (Lipinski definition) is 3. The largest absolute Gasteiger partial charge is 0.351 e. The predicted octanol–water partition coefficient (Wildman–Crippen LogP) is 3.61. The van der Waals surface area contributed by atoms with Crippen molar-refractivity contribution in [3.8, 4) is 0 Å². The molecule has 0 unspecified atom stereocenters. The fraction of sp³-hybridized carbons (Fsp3) is 0.476. The van der Waals surface area contributed by atoms with Crippen molar-refractivity contribution in [1.82, 2.24) is 24.6 Å². The molecule has 1 saturated heterocycles. The van der Waals surface area contributed by atoms with E-state index in [-0.39, 0.29) is 11.3 Å². The maximum Gasteiger partial charge on any atom is 0.270 e. The fourth-order valence-electron chi connectivity index (χ4n) is 3.88. The number of carbonyl (C=O) groups is 1. The monoisotopic (exact) mass is 365 g/mol. The van der Waals surface area contributed by atoms with Crippen LogP contribution < -0.4 is 0 Å². The number of nitrogens with zero attached hydrogens (tertiary/aromatic N) is 4. The van der Waals surface area contributed by atoms with Gasteiger partial charge in [-0.05, 0) is 36.0 Å². The summed E-state index contributed by atoms with van der Waals surface area (Å²) in [6, 6.07) is 8.38. The lowest BCUT2D eigenvalue weighted by atomic mass is 9.87. The third-order valence-electron chi connectivity index (χ3n) is 5.61. The zero-order chi connectivity index (χ0) is 19.2. The number of carbonyl (C=O) groups excluding carboxylic acids is 1. The van der Waals surface area contributed by atoms with Gasteiger partial charge in [0.25, 0.3) is 5.91 Å². The minimum atomic E-state index is 0.0833. The number of aromatic nitrogens is 4. The number of hydrogen-bond donors (Lipinski definition) is 1. The Morgan fingerprint density at radius 2 is 1.93 bits per heavy atom. The molecule has 1 N–H and O–H groups in total. The smallest absolute Gasteiger partial charge is 0.270 e. The van der Waals surface area contributed by atoms with E-state index in [1.165, 1.54) is 5.56 Å². The second-order valence-electron chi connectivity index (χ2n) is 8.60. The summed E-state index contributed by atoms with van der Waals surface area (Å²) in [5, 5.41) is 9.29. The number of aryl methyl sites for hydroxylation is 1. The van der Waals surface area contributed by atoms with Gasteiger partial charge in [0.2, 0.25) is 0 Å². The molecule has 0 radical (unpaired) electrons. The molecule has 1 aliphatic rings. The van der Waals surface area contributed by atoms with Gasteiger partial charge in [-0.15, -0.1) is 10.2 Å². The quantitative estimate of drug-likeness (QED) is 0.754. The predicted molar refractivity (Wildman–Crippen MR) is 106 cm³/mol. The molecule has 0 saturated carbocycles. The molecule has 1 amide bonds. The highest BCUT2D eigenvalue weighted by molar-refractivity contribution is 5.98. The first-order chi connectivity index (χ1) is 12.8. The van der Waals surface area contributed by atoms with Crippen molar-refractivity contribution >= 4 is 16.8 Å². The average Bonchev–Trinajstić information content (AvgIpc) is 3.25. The SMILES string of the molecule is Cn1cnnc1C1CCN(C(=O)c2cc3ccc(C(C)(C)C)cc3[nH]2)CC1. The number of fused-ring (bicyclic) bond motifs is 1. The molecule has 27 heavy (non-hydrogen) atoms. The van der Waals surface area contributed by atoms with Crippen LogP contribution in [0.5, 0.6) is 0 Å². The van der Waals surface area contributed by atoms with Crippen LogP contribution >= 0.6 is 0 Å². The molecule has 0 aliphatic carbocycles. The Bertz CT molecular complexity index is 970. The number of likely N-dealkylation sites (tertiary alicyclic amines) is 1. The topological polar surface area (TPSA) is 66.8 Å². The Labute approximate surface area is 159 Å². The molecule has 6 nitrogen and oxygen atoms in total. The molecule has 142 valence electrons. The fourth-order valence-corrected chi connectivity index (χ4v) is 3.88. The van der Waals surface area contributed by atoms with Crippen molar-refractivity contribution in [2.24, 2.45) is 7.05 Å². The van der Waals surface area contributed by atoms with Crippen molar-refractivity contribution in [2.75, 3.05) is 13.1 Å². The first-order valence-electron chi connectivity index (χ1n) is 9.59. The Morgan fingerprint density at radius 1 is 1.19 bits per heavy atom. The number of nitrogens with one attached hydrogen (secondary N) is 1. The Hall–Kier alpha value is -2.63. The first-order valence-corrected chi connectivity index (χ1v) is 9.59. The van der Waals surface area contributed by atoms with Gasteiger partial charge in [-0.3, -0.25) is 4.79 Å². The van der Waals surface area contributed by atoms with Crippen LogP contribution in [0.4, 0.5) is 0 Å². The normalized spacial score (nSPS) is 16.2. The van der Waals surface area contributed by atoms with Crippen LogP contribution in [0.3, 0.4) is 0 Å². The van der Waals surface area contributed by atoms with Crippen LogP contribution in [-0.4, -0.2) is 43.6 Å². The minimum Gasteiger partial charge on any atom is -0.351 e. The third-order valence-corrected chi connectivity index (χ3v) is 5.61. The van der Waals surface area contributed by atoms with E-state index in [0.29, 0.717) is 11.6 Å². The molecule has 1 aromatic carbocycles. The summed E-state index contributed by atoms with van der Waals surface area (Å²) in [5.41, 5.74) is 3.05. The molecule has 1 aliphatic heterocycles. The van der Waals surface area contributed by atoms with E-state index in [2.05, 4.69) is 54.2 Å². The first kappa shape index (κ1) is 17.8. The van der Waals surface area contributed by atoms with Crippen LogP contribution in [0.2, 0.25) is 0 Å². The van der Waals surface area contributed by atoms with Gasteiger partial charge in [-0.2, -0.15) is 0 Å². The molecular formula is C21H27N5O. The van der Waals surface area contributed by atoms with Crippen LogP contribution in [0.1, 0.15) is 61.4 Å². The van der Waals surface area contributed by atoms with Gasteiger partial charge in [-0.25, -0.2) is 0 Å². The Balaban J connectivity index is 1.49. The van der Waals surface area contributed by atoms with Crippen LogP contribution in [0.25, 0.3) is 10.9 Å². The number of H-pyrrole nitrogens is 1. The summed E-state index contributed by atoms with van der Waals surface area (Å²) < 4.78 is 1.98. The summed E-state index contributed by atoms with van der Waals surface area (Å²) >= 11 is 0. The number of benzene rings is 1. The van der Waals surface area contributed by atoms with E-state index in [1.54, 1.807) is 6.33 Å². The number of amides is 1. The highest BCUT2D eigenvalue weighted by Crippen LogP contribution is 2.29. The molecule has 2 aromatic heterocycles. The third kappa shape index (κ3) is 3.36. The van der Waals surface area contributed by atoms with Crippen LogP contribution in [-0.2, 0) is 12.5 Å². The van der Waals surface area contributed by atoms with E-state index in [1.807, 2.05) is 22.6 Å². The van der Waals surface area contributed by atoms with Crippen molar-refractivity contribution in [3.63, 3.8) is 0 Å². The van der Waals surface area contributed by atoms with Crippen molar-refractivity contribution < 1.29 is 4.79 Å². The summed E-state index contributed by atoms with van der Waals surface area (Å²) in [5.74, 6) is 1.47. The van der Waals surface area contributed by atoms with Gasteiger partial charge in [-0.1, -0.05) is 32.9 Å². The van der Waals surface area contributed by atoms with E-state index in [4.69, 9.17) is 0 Å². The molecule has 3 heterocycles. The lowest BCUT2D eigenvalue weighted by molar-refractivity contribution is 0.0705. The van der Waals surface area contributed by atoms with E-state index in [9.17, 15) is 4.79 Å². The molecule has 0 bridgehead atoms. The summed E-state index contributed by atoms with van der Waals surface area (Å²) in [6.07, 6.45) is 3.59. The molecule has 1 fully saturated rings. The number of rotatable bonds is 2. The molecular weight excluding hydrogens is 338 g/mol. The van der Waals surface area contributed by atoms with Crippen LogP contribution in [0, 0.1) is 0 Å². The van der Waals surface area contributed by atoms with Gasteiger partial charge in [0.1, 0.15) is 17.8 Å². The second-order valence-corrected chi connectivity index (χ2v) is 8.60. The molecule has 0 spiro atoms.